The summed E-state index contributed by atoms with van der Waals surface area (Å²) in [7, 11) is -7.36. The van der Waals surface area contributed by atoms with Gasteiger partial charge in [0.15, 0.2) is 9.84 Å². The van der Waals surface area contributed by atoms with Crippen molar-refractivity contribution in [3.05, 3.63) is 88.4 Å². The highest BCUT2D eigenvalue weighted by molar-refractivity contribution is 7.92. The van der Waals surface area contributed by atoms with E-state index in [1.165, 1.54) is 30.3 Å². The Bertz CT molecular complexity index is 1400. The molecule has 1 amide bonds. The first kappa shape index (κ1) is 24.8. The molecule has 2 N–H and O–H groups in total. The molecular formula is C23H23ClN2O5S2. The number of carbonyl (C=O) groups is 1. The van der Waals surface area contributed by atoms with Crippen molar-refractivity contribution in [2.45, 2.75) is 29.7 Å². The van der Waals surface area contributed by atoms with E-state index in [1.807, 2.05) is 0 Å². The molecule has 0 aliphatic carbocycles. The predicted molar refractivity (Wildman–Crippen MR) is 129 cm³/mol. The molecule has 174 valence electrons. The van der Waals surface area contributed by atoms with Gasteiger partial charge in [0.25, 0.3) is 15.9 Å². The number of rotatable bonds is 7. The molecule has 33 heavy (non-hydrogen) atoms. The average Bonchev–Trinajstić information content (AvgIpc) is 2.74. The fourth-order valence-corrected chi connectivity index (χ4v) is 5.39. The number of hydrogen-bond acceptors (Lipinski definition) is 5. The van der Waals surface area contributed by atoms with Crippen LogP contribution in [0.25, 0.3) is 0 Å². The Balaban J connectivity index is 1.82. The van der Waals surface area contributed by atoms with Crippen LogP contribution in [-0.4, -0.2) is 29.0 Å². The molecule has 0 bridgehead atoms. The first-order valence-corrected chi connectivity index (χ1v) is 13.6. The monoisotopic (exact) mass is 506 g/mol. The number of benzene rings is 3. The van der Waals surface area contributed by atoms with Crippen LogP contribution in [0, 0.1) is 6.92 Å². The fourth-order valence-electron chi connectivity index (χ4n) is 3.10. The maximum Gasteiger partial charge on any atom is 0.263 e. The van der Waals surface area contributed by atoms with E-state index in [-0.39, 0.29) is 20.4 Å². The number of nitrogens with one attached hydrogen (secondary N) is 2. The molecule has 3 aromatic carbocycles. The van der Waals surface area contributed by atoms with Gasteiger partial charge in [0.1, 0.15) is 4.90 Å². The summed E-state index contributed by atoms with van der Waals surface area (Å²) in [6.45, 7) is 3.51. The van der Waals surface area contributed by atoms with E-state index >= 15 is 0 Å². The topological polar surface area (TPSA) is 109 Å². The number of amides is 1. The summed E-state index contributed by atoms with van der Waals surface area (Å²) in [4.78, 5) is 12.8. The molecule has 0 radical (unpaired) electrons. The van der Waals surface area contributed by atoms with Crippen molar-refractivity contribution in [1.29, 1.82) is 0 Å². The minimum Gasteiger partial charge on any atom is -0.346 e. The van der Waals surface area contributed by atoms with Crippen molar-refractivity contribution in [3.8, 4) is 0 Å². The lowest BCUT2D eigenvalue weighted by atomic mass is 10.1. The van der Waals surface area contributed by atoms with Crippen molar-refractivity contribution in [1.82, 2.24) is 5.32 Å². The van der Waals surface area contributed by atoms with Gasteiger partial charge in [0, 0.05) is 11.8 Å². The number of carbonyl (C=O) groups excluding carboxylic acids is 1. The minimum absolute atomic E-state index is 0.0166. The summed E-state index contributed by atoms with van der Waals surface area (Å²) in [5.41, 5.74) is 1.96. The van der Waals surface area contributed by atoms with Crippen LogP contribution in [0.2, 0.25) is 5.02 Å². The highest BCUT2D eigenvalue weighted by atomic mass is 35.5. The Kier molecular flexibility index (Phi) is 7.16. The smallest absolute Gasteiger partial charge is 0.263 e. The molecule has 0 saturated carbocycles. The van der Waals surface area contributed by atoms with Gasteiger partial charge in [-0.05, 0) is 61.4 Å². The molecule has 3 rings (SSSR count). The van der Waals surface area contributed by atoms with Gasteiger partial charge in [-0.2, -0.15) is 0 Å². The van der Waals surface area contributed by atoms with Crippen LogP contribution in [0.4, 0.5) is 5.69 Å². The third-order valence-electron chi connectivity index (χ3n) is 5.03. The van der Waals surface area contributed by atoms with Crippen LogP contribution in [0.15, 0.2) is 76.5 Å². The number of anilines is 1. The second-order valence-corrected chi connectivity index (χ2v) is 11.7. The minimum atomic E-state index is -4.04. The number of para-hydroxylation sites is 1. The molecule has 0 unspecified atom stereocenters. The molecule has 1 atom stereocenters. The predicted octanol–water partition coefficient (Wildman–Crippen LogP) is 4.34. The van der Waals surface area contributed by atoms with Crippen molar-refractivity contribution in [2.75, 3.05) is 11.0 Å². The molecule has 0 aromatic heterocycles. The van der Waals surface area contributed by atoms with Gasteiger partial charge in [0.2, 0.25) is 0 Å². The maximum absolute atomic E-state index is 12.9. The van der Waals surface area contributed by atoms with E-state index in [4.69, 9.17) is 11.6 Å². The number of hydrogen-bond donors (Lipinski definition) is 2. The third kappa shape index (κ3) is 5.93. The van der Waals surface area contributed by atoms with Crippen LogP contribution >= 0.6 is 11.6 Å². The van der Waals surface area contributed by atoms with Crippen molar-refractivity contribution < 1.29 is 21.6 Å². The summed E-state index contributed by atoms with van der Waals surface area (Å²) in [5.74, 6) is -0.501. The van der Waals surface area contributed by atoms with E-state index in [0.717, 1.165) is 11.8 Å². The van der Waals surface area contributed by atoms with E-state index < -0.39 is 31.8 Å². The summed E-state index contributed by atoms with van der Waals surface area (Å²) in [6, 6.07) is 16.6. The van der Waals surface area contributed by atoms with Crippen molar-refractivity contribution >= 4 is 43.1 Å². The van der Waals surface area contributed by atoms with Crippen LogP contribution in [0.1, 0.15) is 34.5 Å². The molecule has 0 spiro atoms. The van der Waals surface area contributed by atoms with Crippen molar-refractivity contribution in [3.63, 3.8) is 0 Å². The van der Waals surface area contributed by atoms with E-state index in [2.05, 4.69) is 10.0 Å². The van der Waals surface area contributed by atoms with Crippen LogP contribution in [-0.2, 0) is 19.9 Å². The Morgan fingerprint density at radius 1 is 0.939 bits per heavy atom. The van der Waals surface area contributed by atoms with Crippen LogP contribution < -0.4 is 10.0 Å². The number of aryl methyl sites for hydroxylation is 1. The van der Waals surface area contributed by atoms with E-state index in [0.29, 0.717) is 11.3 Å². The largest absolute Gasteiger partial charge is 0.346 e. The summed E-state index contributed by atoms with van der Waals surface area (Å²) < 4.78 is 51.6. The average molecular weight is 507 g/mol. The first-order valence-electron chi connectivity index (χ1n) is 9.87. The highest BCUT2D eigenvalue weighted by Crippen LogP contribution is 2.26. The lowest BCUT2D eigenvalue weighted by molar-refractivity contribution is 0.0939. The zero-order chi connectivity index (χ0) is 24.4. The third-order valence-corrected chi connectivity index (χ3v) is 8.00. The SMILES string of the molecule is Cc1ccccc1NS(=O)(=O)c1cc(C(=O)N[C@@H](C)c2ccc(S(C)(=O)=O)cc2)ccc1Cl. The van der Waals surface area contributed by atoms with Gasteiger partial charge in [0.05, 0.1) is 21.6 Å². The van der Waals surface area contributed by atoms with Gasteiger partial charge in [-0.15, -0.1) is 0 Å². The second-order valence-electron chi connectivity index (χ2n) is 7.60. The summed E-state index contributed by atoms with van der Waals surface area (Å²) in [6.07, 6.45) is 1.12. The van der Waals surface area contributed by atoms with E-state index in [1.54, 1.807) is 50.2 Å². The molecule has 0 heterocycles. The molecule has 10 heteroatoms. The van der Waals surface area contributed by atoms with Crippen molar-refractivity contribution in [2.24, 2.45) is 0 Å². The number of sulfonamides is 1. The first-order chi connectivity index (χ1) is 15.4. The normalized spacial score (nSPS) is 12.7. The fraction of sp³-hybridized carbons (Fsp3) is 0.174. The van der Waals surface area contributed by atoms with Gasteiger partial charge in [-0.25, -0.2) is 16.8 Å². The molecule has 3 aromatic rings. The van der Waals surface area contributed by atoms with E-state index in [9.17, 15) is 21.6 Å². The summed E-state index contributed by atoms with van der Waals surface area (Å²) in [5, 5.41) is 2.76. The Morgan fingerprint density at radius 3 is 2.18 bits per heavy atom. The summed E-state index contributed by atoms with van der Waals surface area (Å²) >= 11 is 6.14. The molecule has 0 fully saturated rings. The number of halogens is 1. The molecule has 0 aliphatic rings. The van der Waals surface area contributed by atoms with Gasteiger partial charge in [-0.3, -0.25) is 9.52 Å². The zero-order valence-electron chi connectivity index (χ0n) is 18.2. The Hall–Kier alpha value is -2.88. The van der Waals surface area contributed by atoms with Gasteiger partial charge >= 0.3 is 0 Å². The highest BCUT2D eigenvalue weighted by Gasteiger charge is 2.22. The van der Waals surface area contributed by atoms with Crippen LogP contribution in [0.3, 0.4) is 0 Å². The standard InChI is InChI=1S/C23H23ClN2O5S2/c1-15-6-4-5-7-21(15)26-33(30,31)22-14-18(10-13-20(22)24)23(27)25-16(2)17-8-11-19(12-9-17)32(3,28)29/h4-14,16,26H,1-3H3,(H,25,27)/t16-/m0/s1. The lowest BCUT2D eigenvalue weighted by Crippen LogP contribution is -2.27. The van der Waals surface area contributed by atoms with Crippen LogP contribution in [0.5, 0.6) is 0 Å². The molecule has 0 aliphatic heterocycles. The molecule has 0 saturated heterocycles. The second kappa shape index (κ2) is 9.54. The molecular weight excluding hydrogens is 484 g/mol. The maximum atomic E-state index is 12.9. The quantitative estimate of drug-likeness (QED) is 0.495. The van der Waals surface area contributed by atoms with Gasteiger partial charge in [-0.1, -0.05) is 41.9 Å². The number of sulfone groups is 1. The zero-order valence-corrected chi connectivity index (χ0v) is 20.6. The lowest BCUT2D eigenvalue weighted by Gasteiger charge is -2.16. The Labute approximate surface area is 198 Å². The van der Waals surface area contributed by atoms with Gasteiger partial charge < -0.3 is 5.32 Å². The Morgan fingerprint density at radius 2 is 1.58 bits per heavy atom. The molecule has 7 nitrogen and oxygen atoms in total.